The van der Waals surface area contributed by atoms with E-state index in [-0.39, 0.29) is 24.0 Å². The summed E-state index contributed by atoms with van der Waals surface area (Å²) < 4.78 is 15.5. The van der Waals surface area contributed by atoms with Gasteiger partial charge in [0, 0.05) is 0 Å². The quantitative estimate of drug-likeness (QED) is 0.566. The number of carbonyl (C=O) groups excluding carboxylic acids is 4. The van der Waals surface area contributed by atoms with E-state index in [1.807, 2.05) is 0 Å². The Morgan fingerprint density at radius 3 is 2.43 bits per heavy atom. The van der Waals surface area contributed by atoms with Gasteiger partial charge in [0.05, 0.1) is 17.2 Å². The molecule has 0 unspecified atom stereocenters. The summed E-state index contributed by atoms with van der Waals surface area (Å²) in [5.41, 5.74) is 1.28. The summed E-state index contributed by atoms with van der Waals surface area (Å²) in [7, 11) is 0. The molecular weight excluding hydrogens is 392 g/mol. The van der Waals surface area contributed by atoms with Crippen molar-refractivity contribution in [2.24, 2.45) is 0 Å². The summed E-state index contributed by atoms with van der Waals surface area (Å²) in [5, 5.41) is 2.71. The van der Waals surface area contributed by atoms with E-state index in [0.29, 0.717) is 11.5 Å². The molecule has 1 N–H and O–H groups in total. The van der Waals surface area contributed by atoms with Crippen LogP contribution in [0.25, 0.3) is 0 Å². The molecule has 3 amide bonds. The van der Waals surface area contributed by atoms with E-state index in [4.69, 9.17) is 14.2 Å². The second-order valence-electron chi connectivity index (χ2n) is 6.80. The summed E-state index contributed by atoms with van der Waals surface area (Å²) >= 11 is 0. The average molecular weight is 410 g/mol. The Morgan fingerprint density at radius 1 is 1.07 bits per heavy atom. The van der Waals surface area contributed by atoms with Gasteiger partial charge in [-0.1, -0.05) is 18.2 Å². The van der Waals surface area contributed by atoms with Crippen LogP contribution in [0.3, 0.4) is 0 Å². The summed E-state index contributed by atoms with van der Waals surface area (Å²) in [5.74, 6) is -1.26. The summed E-state index contributed by atoms with van der Waals surface area (Å²) in [6, 6.07) is 11.3. The van der Waals surface area contributed by atoms with E-state index in [1.54, 1.807) is 37.3 Å². The minimum absolute atomic E-state index is 0.155. The van der Waals surface area contributed by atoms with Crippen LogP contribution >= 0.6 is 0 Å². The third kappa shape index (κ3) is 3.69. The van der Waals surface area contributed by atoms with Gasteiger partial charge >= 0.3 is 5.97 Å². The topological polar surface area (TPSA) is 111 Å². The first-order valence-electron chi connectivity index (χ1n) is 9.24. The molecule has 0 bridgehead atoms. The normalized spacial score (nSPS) is 15.0. The van der Waals surface area contributed by atoms with Crippen LogP contribution in [0.2, 0.25) is 0 Å². The van der Waals surface area contributed by atoms with Gasteiger partial charge in [0.2, 0.25) is 6.79 Å². The lowest BCUT2D eigenvalue weighted by molar-refractivity contribution is -0.148. The van der Waals surface area contributed by atoms with Gasteiger partial charge in [0.15, 0.2) is 18.1 Å². The maximum atomic E-state index is 12.3. The zero-order valence-corrected chi connectivity index (χ0v) is 16.0. The molecule has 2 heterocycles. The smallest absolute Gasteiger partial charge is 0.326 e. The Bertz CT molecular complexity index is 1010. The Kier molecular flexibility index (Phi) is 5.09. The number of benzene rings is 2. The van der Waals surface area contributed by atoms with Crippen LogP contribution in [0.1, 0.15) is 39.2 Å². The first-order chi connectivity index (χ1) is 14.4. The lowest BCUT2D eigenvalue weighted by Crippen LogP contribution is -2.37. The van der Waals surface area contributed by atoms with Gasteiger partial charge in [-0.05, 0) is 36.8 Å². The summed E-state index contributed by atoms with van der Waals surface area (Å²) in [6.45, 7) is 0.840. The fourth-order valence-corrected chi connectivity index (χ4v) is 3.25. The van der Waals surface area contributed by atoms with Crippen molar-refractivity contribution in [2.75, 3.05) is 19.9 Å². The summed E-state index contributed by atoms with van der Waals surface area (Å²) in [4.78, 5) is 49.5. The number of nitrogens with one attached hydrogen (secondary N) is 1. The largest absolute Gasteiger partial charge is 0.454 e. The maximum Gasteiger partial charge on any atom is 0.326 e. The molecule has 0 radical (unpaired) electrons. The third-order valence-corrected chi connectivity index (χ3v) is 4.80. The average Bonchev–Trinajstić information content (AvgIpc) is 3.31. The van der Waals surface area contributed by atoms with Crippen molar-refractivity contribution in [3.8, 4) is 11.5 Å². The van der Waals surface area contributed by atoms with Crippen LogP contribution in [0, 0.1) is 0 Å². The molecule has 0 fully saturated rings. The molecule has 0 saturated heterocycles. The van der Waals surface area contributed by atoms with Crippen LogP contribution in [-0.4, -0.2) is 48.5 Å². The van der Waals surface area contributed by atoms with Crippen molar-refractivity contribution in [3.05, 3.63) is 59.2 Å². The van der Waals surface area contributed by atoms with Gasteiger partial charge < -0.3 is 19.5 Å². The molecule has 0 aliphatic carbocycles. The fraction of sp³-hybridized carbons (Fsp3) is 0.238. The Hall–Kier alpha value is -3.88. The molecule has 2 aliphatic rings. The van der Waals surface area contributed by atoms with Crippen LogP contribution in [-0.2, 0) is 14.3 Å². The monoisotopic (exact) mass is 410 g/mol. The molecular formula is C21H18N2O7. The van der Waals surface area contributed by atoms with Crippen molar-refractivity contribution in [1.29, 1.82) is 0 Å². The molecule has 0 spiro atoms. The first-order valence-corrected chi connectivity index (χ1v) is 9.24. The lowest BCUT2D eigenvalue weighted by Gasteiger charge is -2.16. The predicted molar refractivity (Wildman–Crippen MR) is 102 cm³/mol. The Morgan fingerprint density at radius 2 is 1.73 bits per heavy atom. The number of rotatable bonds is 6. The SMILES string of the molecule is C[C@@H](NC(=O)COC(=O)CN1C(=O)c2ccccc2C1=O)c1ccc2c(c1)OCO2. The van der Waals surface area contributed by atoms with Crippen molar-refractivity contribution in [2.45, 2.75) is 13.0 Å². The van der Waals surface area contributed by atoms with Crippen LogP contribution in [0.5, 0.6) is 11.5 Å². The molecule has 0 saturated carbocycles. The number of hydrogen-bond acceptors (Lipinski definition) is 7. The molecule has 9 heteroatoms. The number of nitrogens with zero attached hydrogens (tertiary/aromatic N) is 1. The molecule has 2 aromatic carbocycles. The van der Waals surface area contributed by atoms with E-state index in [2.05, 4.69) is 5.32 Å². The number of imide groups is 1. The van der Waals surface area contributed by atoms with Crippen LogP contribution in [0.4, 0.5) is 0 Å². The number of amides is 3. The van der Waals surface area contributed by atoms with Crippen molar-refractivity contribution < 1.29 is 33.4 Å². The highest BCUT2D eigenvalue weighted by atomic mass is 16.7. The second kappa shape index (κ2) is 7.86. The highest BCUT2D eigenvalue weighted by Gasteiger charge is 2.36. The first kappa shape index (κ1) is 19.4. The molecule has 1 atom stereocenters. The van der Waals surface area contributed by atoms with Gasteiger partial charge in [-0.3, -0.25) is 24.1 Å². The standard InChI is InChI=1S/C21H18N2O7/c1-12(13-6-7-16-17(8-13)30-11-29-16)22-18(24)10-28-19(25)9-23-20(26)14-4-2-3-5-15(14)21(23)27/h2-8,12H,9-11H2,1H3,(H,22,24)/t12-/m1/s1. The second-order valence-corrected chi connectivity index (χ2v) is 6.80. The molecule has 0 aromatic heterocycles. The van der Waals surface area contributed by atoms with E-state index >= 15 is 0 Å². The Labute approximate surface area is 171 Å². The number of fused-ring (bicyclic) bond motifs is 2. The van der Waals surface area contributed by atoms with Crippen molar-refractivity contribution in [3.63, 3.8) is 0 Å². The van der Waals surface area contributed by atoms with E-state index in [9.17, 15) is 19.2 Å². The summed E-state index contributed by atoms with van der Waals surface area (Å²) in [6.07, 6.45) is 0. The zero-order chi connectivity index (χ0) is 21.3. The maximum absolute atomic E-state index is 12.3. The molecule has 154 valence electrons. The van der Waals surface area contributed by atoms with E-state index < -0.39 is 36.8 Å². The molecule has 30 heavy (non-hydrogen) atoms. The van der Waals surface area contributed by atoms with Gasteiger partial charge in [-0.2, -0.15) is 0 Å². The van der Waals surface area contributed by atoms with E-state index in [0.717, 1.165) is 10.5 Å². The number of carbonyl (C=O) groups is 4. The van der Waals surface area contributed by atoms with E-state index in [1.165, 1.54) is 12.1 Å². The minimum atomic E-state index is -0.851. The van der Waals surface area contributed by atoms with Gasteiger partial charge in [-0.25, -0.2) is 0 Å². The third-order valence-electron chi connectivity index (χ3n) is 4.80. The van der Waals surface area contributed by atoms with Crippen molar-refractivity contribution >= 4 is 23.7 Å². The van der Waals surface area contributed by atoms with Gasteiger partial charge in [-0.15, -0.1) is 0 Å². The number of esters is 1. The van der Waals surface area contributed by atoms with Gasteiger partial charge in [0.1, 0.15) is 6.54 Å². The zero-order valence-electron chi connectivity index (χ0n) is 16.0. The number of hydrogen-bond donors (Lipinski definition) is 1. The highest BCUT2D eigenvalue weighted by molar-refractivity contribution is 6.22. The Balaban J connectivity index is 1.27. The molecule has 4 rings (SSSR count). The predicted octanol–water partition coefficient (Wildman–Crippen LogP) is 1.43. The molecule has 2 aromatic rings. The van der Waals surface area contributed by atoms with Crippen LogP contribution in [0.15, 0.2) is 42.5 Å². The highest BCUT2D eigenvalue weighted by Crippen LogP contribution is 2.34. The molecule has 9 nitrogen and oxygen atoms in total. The lowest BCUT2D eigenvalue weighted by atomic mass is 10.1. The van der Waals surface area contributed by atoms with Crippen LogP contribution < -0.4 is 14.8 Å². The van der Waals surface area contributed by atoms with Crippen molar-refractivity contribution in [1.82, 2.24) is 10.2 Å². The minimum Gasteiger partial charge on any atom is -0.454 e. The van der Waals surface area contributed by atoms with Gasteiger partial charge in [0.25, 0.3) is 17.7 Å². The number of ether oxygens (including phenoxy) is 3. The fourth-order valence-electron chi connectivity index (χ4n) is 3.25. The molecule has 2 aliphatic heterocycles.